The third kappa shape index (κ3) is 4.55. The number of anilines is 2. The molecule has 0 bridgehead atoms. The fraction of sp³-hybridized carbons (Fsp3) is 0.370. The standard InChI is InChI=1S/C27H30N6O/c1-4-33-16-24-27(33)32-25(15-29-24)30-18(3)23-12-22(10-8-17(23)2)31-26(34)13-21-11-9-20(14-28-21)19-6-5-7-19/h8-12,14-16,18-19H,4-7,13H2,1-3H3,(H,31,34)/p+1. The summed E-state index contributed by atoms with van der Waals surface area (Å²) >= 11 is 0. The van der Waals surface area contributed by atoms with E-state index >= 15 is 0 Å². The third-order valence-electron chi connectivity index (χ3n) is 6.83. The quantitative estimate of drug-likeness (QED) is 0.472. The summed E-state index contributed by atoms with van der Waals surface area (Å²) < 4.78 is 2.08. The second kappa shape index (κ2) is 9.33. The lowest BCUT2D eigenvalue weighted by atomic mass is 9.81. The van der Waals surface area contributed by atoms with E-state index in [0.29, 0.717) is 5.92 Å². The van der Waals surface area contributed by atoms with E-state index in [2.05, 4.69) is 52.0 Å². The van der Waals surface area contributed by atoms with E-state index in [1.165, 1.54) is 24.8 Å². The van der Waals surface area contributed by atoms with Crippen LogP contribution in [-0.4, -0.2) is 38.2 Å². The number of pyridine rings is 1. The summed E-state index contributed by atoms with van der Waals surface area (Å²) in [5.74, 6) is 2.23. The zero-order valence-corrected chi connectivity index (χ0v) is 20.0. The van der Waals surface area contributed by atoms with E-state index in [-0.39, 0.29) is 18.4 Å². The van der Waals surface area contributed by atoms with Crippen molar-refractivity contribution in [3.63, 3.8) is 0 Å². The maximum atomic E-state index is 12.7. The van der Waals surface area contributed by atoms with Gasteiger partial charge in [0.1, 0.15) is 6.21 Å². The SMILES string of the molecule is CC[N+]1=Cc2ncc(NC(C)c3cc(NC(=O)Cc4ccc(C5CCC5)cn4)ccc3C)nc21. The van der Waals surface area contributed by atoms with E-state index in [1.807, 2.05) is 36.7 Å². The summed E-state index contributed by atoms with van der Waals surface area (Å²) in [6.07, 6.45) is 9.77. The molecule has 0 radical (unpaired) electrons. The van der Waals surface area contributed by atoms with Crippen LogP contribution in [-0.2, 0) is 11.2 Å². The number of nitrogens with one attached hydrogen (secondary N) is 2. The first-order chi connectivity index (χ1) is 16.5. The van der Waals surface area contributed by atoms with Gasteiger partial charge >= 0.3 is 5.82 Å². The molecular weight excluding hydrogens is 424 g/mol. The van der Waals surface area contributed by atoms with Crippen LogP contribution in [0.1, 0.15) is 73.1 Å². The first-order valence-electron chi connectivity index (χ1n) is 12.1. The summed E-state index contributed by atoms with van der Waals surface area (Å²) in [5.41, 5.74) is 6.03. The van der Waals surface area contributed by atoms with Crippen LogP contribution in [0.5, 0.6) is 0 Å². The predicted octanol–water partition coefficient (Wildman–Crippen LogP) is 4.90. The molecule has 7 nitrogen and oxygen atoms in total. The highest BCUT2D eigenvalue weighted by Gasteiger charge is 2.28. The highest BCUT2D eigenvalue weighted by molar-refractivity contribution is 5.92. The summed E-state index contributed by atoms with van der Waals surface area (Å²) in [6.45, 7) is 7.13. The van der Waals surface area contributed by atoms with E-state index in [4.69, 9.17) is 4.98 Å². The van der Waals surface area contributed by atoms with Crippen molar-refractivity contribution < 1.29 is 9.37 Å². The number of amides is 1. The number of nitrogens with zero attached hydrogens (tertiary/aromatic N) is 4. The zero-order valence-electron chi connectivity index (χ0n) is 20.0. The first kappa shape index (κ1) is 22.2. The molecule has 1 aromatic carbocycles. The Morgan fingerprint density at radius 2 is 2.03 bits per heavy atom. The number of carbonyl (C=O) groups excluding carboxylic acids is 1. The Balaban J connectivity index is 1.22. The minimum Gasteiger partial charge on any atom is -0.341 e. The lowest BCUT2D eigenvalue weighted by Gasteiger charge is -2.25. The van der Waals surface area contributed by atoms with Gasteiger partial charge in [-0.25, -0.2) is 9.56 Å². The normalized spacial score (nSPS) is 15.4. The smallest absolute Gasteiger partial charge is 0.341 e. The maximum Gasteiger partial charge on any atom is 0.355 e. The molecule has 1 fully saturated rings. The number of aromatic nitrogens is 3. The van der Waals surface area contributed by atoms with Gasteiger partial charge in [-0.1, -0.05) is 18.6 Å². The molecule has 0 spiro atoms. The second-order valence-electron chi connectivity index (χ2n) is 9.25. The molecule has 7 heteroatoms. The van der Waals surface area contributed by atoms with Crippen molar-refractivity contribution in [1.82, 2.24) is 15.0 Å². The van der Waals surface area contributed by atoms with E-state index in [0.717, 1.165) is 46.4 Å². The highest BCUT2D eigenvalue weighted by atomic mass is 16.1. The van der Waals surface area contributed by atoms with Crippen LogP contribution in [0, 0.1) is 6.92 Å². The van der Waals surface area contributed by atoms with Crippen LogP contribution in [0.15, 0.2) is 42.7 Å². The lowest BCUT2D eigenvalue weighted by molar-refractivity contribution is -0.447. The number of fused-ring (bicyclic) bond motifs is 1. The van der Waals surface area contributed by atoms with Gasteiger partial charge in [0.25, 0.3) is 5.82 Å². The van der Waals surface area contributed by atoms with Gasteiger partial charge in [0.15, 0.2) is 5.69 Å². The molecule has 3 aromatic rings. The van der Waals surface area contributed by atoms with E-state index in [1.54, 1.807) is 6.20 Å². The van der Waals surface area contributed by atoms with Crippen molar-refractivity contribution in [1.29, 1.82) is 0 Å². The fourth-order valence-corrected chi connectivity index (χ4v) is 4.52. The molecule has 3 heterocycles. The van der Waals surface area contributed by atoms with Gasteiger partial charge in [0.2, 0.25) is 5.91 Å². The molecule has 1 aliphatic heterocycles. The summed E-state index contributed by atoms with van der Waals surface area (Å²) in [4.78, 5) is 26.3. The van der Waals surface area contributed by atoms with Crippen LogP contribution < -0.4 is 10.6 Å². The van der Waals surface area contributed by atoms with Crippen LogP contribution >= 0.6 is 0 Å². The van der Waals surface area contributed by atoms with Crippen LogP contribution in [0.3, 0.4) is 0 Å². The van der Waals surface area contributed by atoms with Crippen LogP contribution in [0.2, 0.25) is 0 Å². The van der Waals surface area contributed by atoms with Crippen molar-refractivity contribution in [2.75, 3.05) is 17.2 Å². The molecule has 1 saturated carbocycles. The number of hydrogen-bond donors (Lipinski definition) is 2. The van der Waals surface area contributed by atoms with Gasteiger partial charge in [0.05, 0.1) is 25.2 Å². The minimum absolute atomic E-state index is 0.00375. The average molecular weight is 456 g/mol. The molecule has 1 aliphatic carbocycles. The molecule has 1 atom stereocenters. The van der Waals surface area contributed by atoms with Gasteiger partial charge in [0, 0.05) is 17.6 Å². The van der Waals surface area contributed by atoms with E-state index in [9.17, 15) is 4.79 Å². The van der Waals surface area contributed by atoms with Crippen molar-refractivity contribution in [3.05, 3.63) is 70.8 Å². The zero-order chi connectivity index (χ0) is 23.7. The molecule has 2 N–H and O–H groups in total. The Hall–Kier alpha value is -3.61. The second-order valence-corrected chi connectivity index (χ2v) is 9.25. The van der Waals surface area contributed by atoms with Crippen molar-refractivity contribution in [3.8, 4) is 0 Å². The molecule has 2 aromatic heterocycles. The highest BCUT2D eigenvalue weighted by Crippen LogP contribution is 2.35. The van der Waals surface area contributed by atoms with E-state index < -0.39 is 0 Å². The van der Waals surface area contributed by atoms with Gasteiger partial charge in [-0.2, -0.15) is 0 Å². The molecule has 0 saturated heterocycles. The summed E-state index contributed by atoms with van der Waals surface area (Å²) in [5, 5.41) is 6.48. The molecule has 174 valence electrons. The molecule has 1 unspecified atom stereocenters. The number of aryl methyl sites for hydroxylation is 1. The predicted molar refractivity (Wildman–Crippen MR) is 134 cm³/mol. The lowest BCUT2D eigenvalue weighted by Crippen LogP contribution is -2.22. The van der Waals surface area contributed by atoms with Crippen molar-refractivity contribution >= 4 is 29.4 Å². The summed E-state index contributed by atoms with van der Waals surface area (Å²) in [6, 6.07) is 10.1. The molecule has 1 amide bonds. The topological polar surface area (TPSA) is 82.8 Å². The van der Waals surface area contributed by atoms with Gasteiger partial charge in [-0.15, -0.1) is 0 Å². The Morgan fingerprint density at radius 1 is 1.18 bits per heavy atom. The number of carbonyl (C=O) groups is 1. The summed E-state index contributed by atoms with van der Waals surface area (Å²) in [7, 11) is 0. The monoisotopic (exact) mass is 455 g/mol. The third-order valence-corrected chi connectivity index (χ3v) is 6.83. The molecule has 34 heavy (non-hydrogen) atoms. The number of rotatable bonds is 8. The first-order valence-corrected chi connectivity index (χ1v) is 12.1. The van der Waals surface area contributed by atoms with Gasteiger partial charge in [-0.3, -0.25) is 9.78 Å². The Kier molecular flexibility index (Phi) is 6.09. The van der Waals surface area contributed by atoms with Crippen molar-refractivity contribution in [2.24, 2.45) is 0 Å². The minimum atomic E-state index is -0.0662. The largest absolute Gasteiger partial charge is 0.355 e. The van der Waals surface area contributed by atoms with Gasteiger partial charge < -0.3 is 10.6 Å². The Labute approximate surface area is 200 Å². The number of hydrogen-bond acceptors (Lipinski definition) is 5. The molecule has 2 aliphatic rings. The van der Waals surface area contributed by atoms with Crippen molar-refractivity contribution in [2.45, 2.75) is 58.4 Å². The fourth-order valence-electron chi connectivity index (χ4n) is 4.52. The molecule has 5 rings (SSSR count). The molecular formula is C27H31N6O+. The number of benzene rings is 1. The van der Waals surface area contributed by atoms with Crippen LogP contribution in [0.4, 0.5) is 17.3 Å². The average Bonchev–Trinajstić information content (AvgIpc) is 2.77. The Bertz CT molecular complexity index is 1250. The Morgan fingerprint density at radius 3 is 2.74 bits per heavy atom. The van der Waals surface area contributed by atoms with Gasteiger partial charge in [-0.05, 0) is 79.4 Å². The van der Waals surface area contributed by atoms with Crippen LogP contribution in [0.25, 0.3) is 0 Å². The maximum absolute atomic E-state index is 12.7.